The van der Waals surface area contributed by atoms with E-state index in [1.54, 1.807) is 0 Å². The molecule has 0 atom stereocenters. The lowest BCUT2D eigenvalue weighted by Crippen LogP contribution is -2.38. The summed E-state index contributed by atoms with van der Waals surface area (Å²) in [6.07, 6.45) is 7.00. The molecule has 2 N–H and O–H groups in total. The maximum absolute atomic E-state index is 5.35. The number of rotatable bonds is 11. The van der Waals surface area contributed by atoms with Crippen LogP contribution in [0.25, 0.3) is 5.69 Å². The molecule has 0 fully saturated rings. The van der Waals surface area contributed by atoms with Crippen LogP contribution in [-0.2, 0) is 11.2 Å². The van der Waals surface area contributed by atoms with Gasteiger partial charge in [0.05, 0.1) is 11.9 Å². The molecule has 0 spiro atoms. The first-order valence-electron chi connectivity index (χ1n) is 9.52. The number of unbranched alkanes of at least 4 members (excludes halogenated alkanes) is 1. The minimum absolute atomic E-state index is 0.786. The van der Waals surface area contributed by atoms with Crippen LogP contribution >= 0.6 is 0 Å². The lowest BCUT2D eigenvalue weighted by atomic mass is 10.2. The van der Waals surface area contributed by atoms with Crippen molar-refractivity contribution < 1.29 is 4.74 Å². The summed E-state index contributed by atoms with van der Waals surface area (Å²) in [4.78, 5) is 4.61. The molecule has 0 aliphatic carbocycles. The van der Waals surface area contributed by atoms with Gasteiger partial charge in [0.25, 0.3) is 0 Å². The van der Waals surface area contributed by atoms with Gasteiger partial charge in [-0.05, 0) is 50.8 Å². The van der Waals surface area contributed by atoms with Crippen LogP contribution in [0.5, 0.6) is 0 Å². The first-order chi connectivity index (χ1) is 12.8. The van der Waals surface area contributed by atoms with E-state index < -0.39 is 0 Å². The van der Waals surface area contributed by atoms with Crippen LogP contribution in [0.1, 0.15) is 32.3 Å². The number of nitrogens with one attached hydrogen (secondary N) is 2. The average molecular weight is 358 g/mol. The van der Waals surface area contributed by atoms with Crippen molar-refractivity contribution in [3.8, 4) is 5.69 Å². The Balaban J connectivity index is 1.74. The van der Waals surface area contributed by atoms with E-state index in [1.807, 2.05) is 36.0 Å². The number of ether oxygens (including phenoxy) is 1. The number of hydrogen-bond donors (Lipinski definition) is 2. The van der Waals surface area contributed by atoms with Gasteiger partial charge in [-0.25, -0.2) is 4.68 Å². The molecule has 0 saturated carbocycles. The normalized spacial score (nSPS) is 11.5. The van der Waals surface area contributed by atoms with Crippen LogP contribution < -0.4 is 10.6 Å². The van der Waals surface area contributed by atoms with Crippen LogP contribution in [0, 0.1) is 0 Å². The first-order valence-corrected chi connectivity index (χ1v) is 9.52. The predicted octanol–water partition coefficient (Wildman–Crippen LogP) is 2.79. The maximum Gasteiger partial charge on any atom is 0.191 e. The van der Waals surface area contributed by atoms with Gasteiger partial charge in [0.15, 0.2) is 5.96 Å². The van der Waals surface area contributed by atoms with Gasteiger partial charge < -0.3 is 15.4 Å². The number of benzene rings is 1. The Morgan fingerprint density at radius 1 is 1.15 bits per heavy atom. The fraction of sp³-hybridized carbons (Fsp3) is 0.500. The summed E-state index contributed by atoms with van der Waals surface area (Å²) in [5.74, 6) is 0.874. The fourth-order valence-corrected chi connectivity index (χ4v) is 2.53. The molecule has 0 amide bonds. The third kappa shape index (κ3) is 7.27. The zero-order chi connectivity index (χ0) is 18.5. The van der Waals surface area contributed by atoms with Crippen LogP contribution in [-0.4, -0.2) is 48.6 Å². The molecule has 0 unspecified atom stereocenters. The van der Waals surface area contributed by atoms with Gasteiger partial charge in [-0.1, -0.05) is 18.2 Å². The summed E-state index contributed by atoms with van der Waals surface area (Å²) in [5, 5.41) is 11.1. The Kier molecular flexibility index (Phi) is 9.29. The minimum Gasteiger partial charge on any atom is -0.382 e. The molecule has 6 nitrogen and oxygen atoms in total. The molecular weight excluding hydrogens is 326 g/mol. The van der Waals surface area contributed by atoms with E-state index in [2.05, 4.69) is 46.0 Å². The molecule has 2 aromatic rings. The van der Waals surface area contributed by atoms with Crippen LogP contribution in [0.15, 0.2) is 47.7 Å². The molecule has 2 rings (SSSR count). The average Bonchev–Trinajstić information content (AvgIpc) is 3.14. The standard InChI is InChI=1S/C20H31N5O/c1-3-21-20(22-13-8-9-15-26-4-2)23-14-12-18-16-24-25(17-18)19-10-6-5-7-11-19/h5-7,10-11,16-17H,3-4,8-9,12-15H2,1-2H3,(H2,21,22,23). The van der Waals surface area contributed by atoms with Crippen molar-refractivity contribution in [2.75, 3.05) is 32.8 Å². The topological polar surface area (TPSA) is 63.5 Å². The summed E-state index contributed by atoms with van der Waals surface area (Å²) < 4.78 is 7.26. The van der Waals surface area contributed by atoms with Crippen LogP contribution in [0.4, 0.5) is 0 Å². The third-order valence-electron chi connectivity index (χ3n) is 3.88. The Hall–Kier alpha value is -2.34. The van der Waals surface area contributed by atoms with Crippen molar-refractivity contribution in [2.24, 2.45) is 4.99 Å². The maximum atomic E-state index is 5.35. The van der Waals surface area contributed by atoms with E-state index in [0.29, 0.717) is 0 Å². The molecule has 6 heteroatoms. The van der Waals surface area contributed by atoms with E-state index in [-0.39, 0.29) is 0 Å². The summed E-state index contributed by atoms with van der Waals surface area (Å²) >= 11 is 0. The highest BCUT2D eigenvalue weighted by atomic mass is 16.5. The largest absolute Gasteiger partial charge is 0.382 e. The second-order valence-corrected chi connectivity index (χ2v) is 5.97. The molecule has 1 aromatic carbocycles. The van der Waals surface area contributed by atoms with Crippen LogP contribution in [0.2, 0.25) is 0 Å². The lowest BCUT2D eigenvalue weighted by Gasteiger charge is -2.10. The number of nitrogens with zero attached hydrogens (tertiary/aromatic N) is 3. The molecule has 0 aliphatic heterocycles. The number of para-hydroxylation sites is 1. The molecule has 1 aromatic heterocycles. The van der Waals surface area contributed by atoms with Crippen molar-refractivity contribution in [1.82, 2.24) is 20.4 Å². The van der Waals surface area contributed by atoms with E-state index in [4.69, 9.17) is 4.74 Å². The van der Waals surface area contributed by atoms with Gasteiger partial charge in [-0.2, -0.15) is 5.10 Å². The second kappa shape index (κ2) is 12.1. The molecule has 0 bridgehead atoms. The van der Waals surface area contributed by atoms with Gasteiger partial charge in [0, 0.05) is 39.0 Å². The van der Waals surface area contributed by atoms with Gasteiger partial charge in [-0.15, -0.1) is 0 Å². The van der Waals surface area contributed by atoms with Gasteiger partial charge in [0.1, 0.15) is 0 Å². The van der Waals surface area contributed by atoms with E-state index in [9.17, 15) is 0 Å². The number of aliphatic imine (C=N–C) groups is 1. The predicted molar refractivity (Wildman–Crippen MR) is 107 cm³/mol. The monoisotopic (exact) mass is 357 g/mol. The van der Waals surface area contributed by atoms with Crippen molar-refractivity contribution in [3.63, 3.8) is 0 Å². The Morgan fingerprint density at radius 3 is 2.77 bits per heavy atom. The van der Waals surface area contributed by atoms with E-state index in [1.165, 1.54) is 5.56 Å². The minimum atomic E-state index is 0.786. The van der Waals surface area contributed by atoms with Crippen molar-refractivity contribution in [1.29, 1.82) is 0 Å². The molecule has 26 heavy (non-hydrogen) atoms. The quantitative estimate of drug-likeness (QED) is 0.369. The van der Waals surface area contributed by atoms with Crippen molar-refractivity contribution >= 4 is 5.96 Å². The molecule has 142 valence electrons. The molecule has 0 radical (unpaired) electrons. The Morgan fingerprint density at radius 2 is 2.00 bits per heavy atom. The smallest absolute Gasteiger partial charge is 0.191 e. The second-order valence-electron chi connectivity index (χ2n) is 5.97. The summed E-state index contributed by atoms with van der Waals surface area (Å²) in [6.45, 7) is 8.21. The number of aromatic nitrogens is 2. The van der Waals surface area contributed by atoms with Gasteiger partial charge in [-0.3, -0.25) is 4.99 Å². The number of hydrogen-bond acceptors (Lipinski definition) is 3. The van der Waals surface area contributed by atoms with Crippen LogP contribution in [0.3, 0.4) is 0 Å². The van der Waals surface area contributed by atoms with E-state index in [0.717, 1.165) is 63.8 Å². The third-order valence-corrected chi connectivity index (χ3v) is 3.88. The molecule has 0 aliphatic rings. The molecule has 1 heterocycles. The van der Waals surface area contributed by atoms with Crippen molar-refractivity contribution in [2.45, 2.75) is 33.1 Å². The van der Waals surface area contributed by atoms with Gasteiger partial charge >= 0.3 is 0 Å². The highest BCUT2D eigenvalue weighted by Crippen LogP contribution is 2.07. The van der Waals surface area contributed by atoms with Crippen molar-refractivity contribution in [3.05, 3.63) is 48.3 Å². The Bertz CT molecular complexity index is 639. The summed E-state index contributed by atoms with van der Waals surface area (Å²) in [5.41, 5.74) is 2.28. The first kappa shape index (κ1) is 20.0. The fourth-order valence-electron chi connectivity index (χ4n) is 2.53. The lowest BCUT2D eigenvalue weighted by molar-refractivity contribution is 0.144. The zero-order valence-electron chi connectivity index (χ0n) is 15.9. The molecule has 0 saturated heterocycles. The summed E-state index contributed by atoms with van der Waals surface area (Å²) in [7, 11) is 0. The molecular formula is C20H31N5O. The Labute approximate surface area is 156 Å². The zero-order valence-corrected chi connectivity index (χ0v) is 15.9. The SMILES string of the molecule is CCNC(=NCCCCOCC)NCCc1cnn(-c2ccccc2)c1. The van der Waals surface area contributed by atoms with E-state index >= 15 is 0 Å². The highest BCUT2D eigenvalue weighted by Gasteiger charge is 2.02. The van der Waals surface area contributed by atoms with Gasteiger partial charge in [0.2, 0.25) is 0 Å². The summed E-state index contributed by atoms with van der Waals surface area (Å²) in [6, 6.07) is 10.2. The highest BCUT2D eigenvalue weighted by molar-refractivity contribution is 5.79. The number of guanidine groups is 1.